The van der Waals surface area contributed by atoms with Gasteiger partial charge in [-0.25, -0.2) is 0 Å². The van der Waals surface area contributed by atoms with Crippen LogP contribution in [0.5, 0.6) is 0 Å². The van der Waals surface area contributed by atoms with E-state index in [0.29, 0.717) is 0 Å². The third-order valence-electron chi connectivity index (χ3n) is 4.92. The molecule has 1 aromatic rings. The van der Waals surface area contributed by atoms with E-state index in [-0.39, 0.29) is 0 Å². The molecule has 0 atom stereocenters. The van der Waals surface area contributed by atoms with Crippen LogP contribution in [0.1, 0.15) is 57.7 Å². The molecule has 0 spiro atoms. The second-order valence-electron chi connectivity index (χ2n) is 7.96. The van der Waals surface area contributed by atoms with Crippen LogP contribution in [0.4, 0.5) is 0 Å². The molecular formula is C19H31NSi. The molecule has 1 fully saturated rings. The van der Waals surface area contributed by atoms with Crippen molar-refractivity contribution in [2.24, 2.45) is 5.92 Å². The van der Waals surface area contributed by atoms with Crippen molar-refractivity contribution in [1.82, 2.24) is 4.98 Å². The molecule has 0 radical (unpaired) electrons. The van der Waals surface area contributed by atoms with Crippen LogP contribution in [-0.4, -0.2) is 13.1 Å². The summed E-state index contributed by atoms with van der Waals surface area (Å²) in [6.45, 7) is 13.9. The Bertz CT molecular complexity index is 527. The standard InChI is InChI=1S/C19H31NSi/c1-14(2)15(3)18-12-17(11-16-9-7-8-10-16)19(13-20-18)21(4,5)6/h12-13,16H,7-11H2,1-6H3. The Morgan fingerprint density at radius 3 is 2.29 bits per heavy atom. The largest absolute Gasteiger partial charge is 0.257 e. The van der Waals surface area contributed by atoms with Crippen molar-refractivity contribution in [3.05, 3.63) is 29.1 Å². The maximum absolute atomic E-state index is 4.78. The van der Waals surface area contributed by atoms with Gasteiger partial charge in [-0.1, -0.05) is 50.9 Å². The van der Waals surface area contributed by atoms with Crippen LogP contribution in [0.25, 0.3) is 5.57 Å². The minimum Gasteiger partial charge on any atom is -0.257 e. The molecule has 0 amide bonds. The van der Waals surface area contributed by atoms with Gasteiger partial charge in [-0.3, -0.25) is 4.98 Å². The van der Waals surface area contributed by atoms with Gasteiger partial charge in [0.1, 0.15) is 0 Å². The van der Waals surface area contributed by atoms with Crippen LogP contribution in [0.15, 0.2) is 17.8 Å². The molecule has 0 aliphatic heterocycles. The molecule has 1 heterocycles. The van der Waals surface area contributed by atoms with Gasteiger partial charge in [0.2, 0.25) is 0 Å². The number of rotatable bonds is 4. The molecule has 116 valence electrons. The number of pyridine rings is 1. The Hall–Kier alpha value is -0.893. The van der Waals surface area contributed by atoms with E-state index >= 15 is 0 Å². The van der Waals surface area contributed by atoms with Crippen molar-refractivity contribution in [2.75, 3.05) is 0 Å². The van der Waals surface area contributed by atoms with Crippen molar-refractivity contribution < 1.29 is 0 Å². The van der Waals surface area contributed by atoms with E-state index in [0.717, 1.165) is 5.92 Å². The second kappa shape index (κ2) is 6.47. The monoisotopic (exact) mass is 301 g/mol. The van der Waals surface area contributed by atoms with E-state index < -0.39 is 8.07 Å². The van der Waals surface area contributed by atoms with Crippen LogP contribution in [0.3, 0.4) is 0 Å². The van der Waals surface area contributed by atoms with Gasteiger partial charge in [-0.05, 0) is 55.5 Å². The Morgan fingerprint density at radius 2 is 1.76 bits per heavy atom. The summed E-state index contributed by atoms with van der Waals surface area (Å²) in [5, 5.41) is 1.57. The highest BCUT2D eigenvalue weighted by molar-refractivity contribution is 6.89. The maximum atomic E-state index is 4.78. The predicted molar refractivity (Wildman–Crippen MR) is 96.8 cm³/mol. The third kappa shape index (κ3) is 4.06. The summed E-state index contributed by atoms with van der Waals surface area (Å²) in [7, 11) is -1.31. The molecule has 1 aliphatic rings. The molecule has 0 saturated heterocycles. The van der Waals surface area contributed by atoms with E-state index in [1.165, 1.54) is 48.9 Å². The average Bonchev–Trinajstić information content (AvgIpc) is 2.89. The fraction of sp³-hybridized carbons (Fsp3) is 0.632. The number of hydrogen-bond donors (Lipinski definition) is 0. The first-order valence-electron chi connectivity index (χ1n) is 8.43. The van der Waals surface area contributed by atoms with E-state index in [1.54, 1.807) is 10.8 Å². The van der Waals surface area contributed by atoms with E-state index in [1.807, 2.05) is 0 Å². The van der Waals surface area contributed by atoms with Crippen molar-refractivity contribution in [1.29, 1.82) is 0 Å². The first-order chi connectivity index (χ1) is 9.79. The molecule has 1 saturated carbocycles. The zero-order valence-corrected chi connectivity index (χ0v) is 15.7. The van der Waals surface area contributed by atoms with Crippen LogP contribution in [-0.2, 0) is 6.42 Å². The fourth-order valence-corrected chi connectivity index (χ4v) is 4.92. The van der Waals surface area contributed by atoms with Gasteiger partial charge in [-0.15, -0.1) is 0 Å². The van der Waals surface area contributed by atoms with E-state index in [9.17, 15) is 0 Å². The Labute approximate surface area is 131 Å². The summed E-state index contributed by atoms with van der Waals surface area (Å²) in [4.78, 5) is 4.78. The van der Waals surface area contributed by atoms with Crippen molar-refractivity contribution in [3.8, 4) is 0 Å². The molecule has 21 heavy (non-hydrogen) atoms. The molecule has 0 N–H and O–H groups in total. The molecule has 1 aromatic heterocycles. The molecule has 1 aliphatic carbocycles. The highest BCUT2D eigenvalue weighted by Gasteiger charge is 2.24. The smallest absolute Gasteiger partial charge is 0.0799 e. The van der Waals surface area contributed by atoms with Crippen LogP contribution >= 0.6 is 0 Å². The highest BCUT2D eigenvalue weighted by atomic mass is 28.3. The lowest BCUT2D eigenvalue weighted by Gasteiger charge is -2.23. The van der Waals surface area contributed by atoms with Gasteiger partial charge >= 0.3 is 0 Å². The lowest BCUT2D eigenvalue weighted by Crippen LogP contribution is -2.41. The Kier molecular flexibility index (Phi) is 5.08. The van der Waals surface area contributed by atoms with Crippen LogP contribution < -0.4 is 5.19 Å². The van der Waals surface area contributed by atoms with Gasteiger partial charge in [0.05, 0.1) is 13.8 Å². The molecule has 2 rings (SSSR count). The summed E-state index contributed by atoms with van der Waals surface area (Å²) in [6, 6.07) is 2.40. The molecule has 2 heteroatoms. The zero-order chi connectivity index (χ0) is 15.6. The Morgan fingerprint density at radius 1 is 1.14 bits per heavy atom. The maximum Gasteiger partial charge on any atom is 0.0799 e. The van der Waals surface area contributed by atoms with Crippen molar-refractivity contribution in [2.45, 2.75) is 72.5 Å². The average molecular weight is 302 g/mol. The minimum atomic E-state index is -1.31. The van der Waals surface area contributed by atoms with Crippen molar-refractivity contribution in [3.63, 3.8) is 0 Å². The summed E-state index contributed by atoms with van der Waals surface area (Å²) in [5.41, 5.74) is 5.48. The molecule has 1 nitrogen and oxygen atoms in total. The highest BCUT2D eigenvalue weighted by Crippen LogP contribution is 2.29. The van der Waals surface area contributed by atoms with Gasteiger partial charge in [0.25, 0.3) is 0 Å². The summed E-state index contributed by atoms with van der Waals surface area (Å²) in [5.74, 6) is 0.905. The van der Waals surface area contributed by atoms with Gasteiger partial charge in [-0.2, -0.15) is 0 Å². The molecular weight excluding hydrogens is 270 g/mol. The quantitative estimate of drug-likeness (QED) is 0.699. The van der Waals surface area contributed by atoms with E-state index in [4.69, 9.17) is 4.98 Å². The predicted octanol–water partition coefficient (Wildman–Crippen LogP) is 5.17. The second-order valence-corrected chi connectivity index (χ2v) is 13.0. The SMILES string of the molecule is CC(C)=C(C)c1cc(CC2CCCC2)c([Si](C)(C)C)cn1. The minimum absolute atomic E-state index is 0.905. The number of nitrogens with zero attached hydrogens (tertiary/aromatic N) is 1. The summed E-state index contributed by atoms with van der Waals surface area (Å²) >= 11 is 0. The first kappa shape index (κ1) is 16.5. The Balaban J connectivity index is 2.40. The lowest BCUT2D eigenvalue weighted by molar-refractivity contribution is 0.547. The van der Waals surface area contributed by atoms with Crippen LogP contribution in [0, 0.1) is 5.92 Å². The van der Waals surface area contributed by atoms with E-state index in [2.05, 4.69) is 52.7 Å². The zero-order valence-electron chi connectivity index (χ0n) is 14.7. The normalized spacial score (nSPS) is 16.3. The molecule has 0 unspecified atom stereocenters. The number of aromatic nitrogens is 1. The van der Waals surface area contributed by atoms with Crippen molar-refractivity contribution >= 4 is 18.8 Å². The lowest BCUT2D eigenvalue weighted by atomic mass is 9.97. The molecule has 0 aromatic carbocycles. The topological polar surface area (TPSA) is 12.9 Å². The molecule has 0 bridgehead atoms. The fourth-order valence-electron chi connectivity index (χ4n) is 3.33. The summed E-state index contributed by atoms with van der Waals surface area (Å²) < 4.78 is 0. The first-order valence-corrected chi connectivity index (χ1v) is 11.9. The van der Waals surface area contributed by atoms with Gasteiger partial charge in [0.15, 0.2) is 0 Å². The third-order valence-corrected chi connectivity index (χ3v) is 6.98. The van der Waals surface area contributed by atoms with Gasteiger partial charge < -0.3 is 0 Å². The number of allylic oxidation sites excluding steroid dienone is 2. The number of hydrogen-bond acceptors (Lipinski definition) is 1. The van der Waals surface area contributed by atoms with Crippen LogP contribution in [0.2, 0.25) is 19.6 Å². The summed E-state index contributed by atoms with van der Waals surface area (Å²) in [6.07, 6.45) is 9.16. The van der Waals surface area contributed by atoms with Gasteiger partial charge in [0, 0.05) is 6.20 Å².